The third-order valence-electron chi connectivity index (χ3n) is 5.20. The number of ether oxygens (including phenoxy) is 1. The Balaban J connectivity index is 0.000000360. The topological polar surface area (TPSA) is 101 Å². The van der Waals surface area contributed by atoms with E-state index < -0.39 is 18.0 Å². The Morgan fingerprint density at radius 2 is 2.03 bits per heavy atom. The number of hydrogen-bond acceptors (Lipinski definition) is 7. The summed E-state index contributed by atoms with van der Waals surface area (Å²) in [5.41, 5.74) is -0.127. The standard InChI is InChI=1S/C18H23FN4O2.C2HF3O2/c1-13-3-4-16(25-13)10-23-6-2-5-18(12-23)7-15(11-24-18)22-17-20-8-14(19)9-21-17;3-2(4,5)1(6)7/h3-4,8-9,15H,2,5-7,10-12H2,1H3,(H,20,21,22);(H,6,7). The van der Waals surface area contributed by atoms with Crippen molar-refractivity contribution < 1.29 is 36.6 Å². The van der Waals surface area contributed by atoms with Gasteiger partial charge in [-0.25, -0.2) is 19.2 Å². The third-order valence-corrected chi connectivity index (χ3v) is 5.20. The number of hydrogen-bond donors (Lipinski definition) is 2. The van der Waals surface area contributed by atoms with Crippen LogP contribution in [0.2, 0.25) is 0 Å². The van der Waals surface area contributed by atoms with E-state index in [0.29, 0.717) is 12.6 Å². The molecule has 32 heavy (non-hydrogen) atoms. The molecule has 0 saturated carbocycles. The fourth-order valence-corrected chi connectivity index (χ4v) is 3.91. The van der Waals surface area contributed by atoms with Gasteiger partial charge in [-0.1, -0.05) is 0 Å². The molecule has 4 rings (SSSR count). The van der Waals surface area contributed by atoms with Gasteiger partial charge in [-0.3, -0.25) is 4.90 Å². The Bertz CT molecular complexity index is 906. The van der Waals surface area contributed by atoms with Crippen LogP contribution in [0, 0.1) is 12.7 Å². The Morgan fingerprint density at radius 3 is 2.62 bits per heavy atom. The first-order valence-corrected chi connectivity index (χ1v) is 10.0. The van der Waals surface area contributed by atoms with Gasteiger partial charge in [0.2, 0.25) is 5.95 Å². The van der Waals surface area contributed by atoms with Crippen molar-refractivity contribution >= 4 is 11.9 Å². The number of rotatable bonds is 4. The normalized spacial score (nSPS) is 23.6. The van der Waals surface area contributed by atoms with Gasteiger partial charge >= 0.3 is 12.1 Å². The predicted octanol–water partition coefficient (Wildman–Crippen LogP) is 3.39. The van der Waals surface area contributed by atoms with Gasteiger partial charge in [0.15, 0.2) is 5.82 Å². The highest BCUT2D eigenvalue weighted by atomic mass is 19.4. The summed E-state index contributed by atoms with van der Waals surface area (Å²) in [5.74, 6) is -0.789. The number of nitrogens with one attached hydrogen (secondary N) is 1. The molecule has 2 atom stereocenters. The third kappa shape index (κ3) is 6.63. The number of alkyl halides is 3. The first kappa shape index (κ1) is 23.9. The minimum Gasteiger partial charge on any atom is -0.475 e. The molecule has 4 heterocycles. The molecule has 12 heteroatoms. The lowest BCUT2D eigenvalue weighted by molar-refractivity contribution is -0.192. The van der Waals surface area contributed by atoms with Crippen molar-refractivity contribution in [2.45, 2.75) is 50.6 Å². The highest BCUT2D eigenvalue weighted by Crippen LogP contribution is 2.36. The van der Waals surface area contributed by atoms with Crippen LogP contribution in [0.25, 0.3) is 0 Å². The molecular formula is C20H24F4N4O4. The number of aryl methyl sites for hydroxylation is 1. The quantitative estimate of drug-likeness (QED) is 0.670. The molecule has 2 aromatic heterocycles. The average molecular weight is 460 g/mol. The van der Waals surface area contributed by atoms with Gasteiger partial charge in [-0.05, 0) is 38.4 Å². The fourth-order valence-electron chi connectivity index (χ4n) is 3.91. The van der Waals surface area contributed by atoms with Gasteiger partial charge in [0, 0.05) is 13.0 Å². The molecule has 0 amide bonds. The smallest absolute Gasteiger partial charge is 0.475 e. The number of aromatic nitrogens is 2. The van der Waals surface area contributed by atoms with E-state index in [-0.39, 0.29) is 11.6 Å². The molecule has 2 saturated heterocycles. The zero-order valence-corrected chi connectivity index (χ0v) is 17.4. The minimum atomic E-state index is -5.08. The predicted molar refractivity (Wildman–Crippen MR) is 104 cm³/mol. The van der Waals surface area contributed by atoms with Gasteiger partial charge in [-0.2, -0.15) is 13.2 Å². The molecule has 2 N–H and O–H groups in total. The maximum atomic E-state index is 12.9. The van der Waals surface area contributed by atoms with Gasteiger partial charge in [0.1, 0.15) is 11.5 Å². The van der Waals surface area contributed by atoms with E-state index in [1.807, 2.05) is 19.1 Å². The lowest BCUT2D eigenvalue weighted by Crippen LogP contribution is -2.47. The number of halogens is 4. The van der Waals surface area contributed by atoms with Crippen molar-refractivity contribution in [3.8, 4) is 0 Å². The molecular weight excluding hydrogens is 436 g/mol. The van der Waals surface area contributed by atoms with E-state index in [9.17, 15) is 17.6 Å². The number of carboxylic acid groups (broad SMARTS) is 1. The van der Waals surface area contributed by atoms with Crippen LogP contribution >= 0.6 is 0 Å². The molecule has 8 nitrogen and oxygen atoms in total. The fraction of sp³-hybridized carbons (Fsp3) is 0.550. The summed E-state index contributed by atoms with van der Waals surface area (Å²) < 4.78 is 56.6. The van der Waals surface area contributed by atoms with Gasteiger partial charge in [0.25, 0.3) is 0 Å². The van der Waals surface area contributed by atoms with E-state index in [1.54, 1.807) is 0 Å². The second-order valence-electron chi connectivity index (χ2n) is 7.89. The van der Waals surface area contributed by atoms with E-state index in [1.165, 1.54) is 12.4 Å². The SMILES string of the molecule is Cc1ccc(CN2CCCC3(CC(Nc4ncc(F)cn4)CO3)C2)o1.O=C(O)C(F)(F)F. The molecule has 0 radical (unpaired) electrons. The molecule has 0 aliphatic carbocycles. The number of carbonyl (C=O) groups is 1. The highest BCUT2D eigenvalue weighted by Gasteiger charge is 2.43. The maximum Gasteiger partial charge on any atom is 0.490 e. The van der Waals surface area contributed by atoms with Crippen LogP contribution in [0.1, 0.15) is 30.8 Å². The molecule has 2 aliphatic rings. The number of carboxylic acids is 1. The van der Waals surface area contributed by atoms with Crippen LogP contribution in [0.4, 0.5) is 23.5 Å². The molecule has 2 fully saturated rings. The lowest BCUT2D eigenvalue weighted by atomic mass is 9.88. The van der Waals surface area contributed by atoms with E-state index in [4.69, 9.17) is 19.1 Å². The van der Waals surface area contributed by atoms with Crippen molar-refractivity contribution in [3.63, 3.8) is 0 Å². The number of nitrogens with zero attached hydrogens (tertiary/aromatic N) is 3. The molecule has 2 aliphatic heterocycles. The van der Waals surface area contributed by atoms with E-state index >= 15 is 0 Å². The summed E-state index contributed by atoms with van der Waals surface area (Å²) in [5, 5.41) is 10.4. The largest absolute Gasteiger partial charge is 0.490 e. The second kappa shape index (κ2) is 9.82. The summed E-state index contributed by atoms with van der Waals surface area (Å²) >= 11 is 0. The van der Waals surface area contributed by atoms with Crippen LogP contribution < -0.4 is 5.32 Å². The zero-order valence-electron chi connectivity index (χ0n) is 17.4. The van der Waals surface area contributed by atoms with Gasteiger partial charge < -0.3 is 19.6 Å². The van der Waals surface area contributed by atoms with Crippen LogP contribution in [0.3, 0.4) is 0 Å². The van der Waals surface area contributed by atoms with Gasteiger partial charge in [0.05, 0.1) is 37.2 Å². The van der Waals surface area contributed by atoms with Crippen molar-refractivity contribution in [3.05, 3.63) is 41.9 Å². The molecule has 2 aromatic rings. The summed E-state index contributed by atoms with van der Waals surface area (Å²) in [6.45, 7) is 5.36. The highest BCUT2D eigenvalue weighted by molar-refractivity contribution is 5.73. The molecule has 0 aromatic carbocycles. The van der Waals surface area contributed by atoms with Gasteiger partial charge in [-0.15, -0.1) is 0 Å². The molecule has 0 bridgehead atoms. The number of piperidine rings is 1. The Labute approximate surface area is 181 Å². The number of furan rings is 1. The van der Waals surface area contributed by atoms with Crippen LogP contribution in [-0.4, -0.2) is 63.5 Å². The zero-order chi connectivity index (χ0) is 23.4. The number of likely N-dealkylation sites (tertiary alicyclic amines) is 1. The monoisotopic (exact) mass is 460 g/mol. The summed E-state index contributed by atoms with van der Waals surface area (Å²) in [6.07, 6.45) is 0.340. The lowest BCUT2D eigenvalue weighted by Gasteiger charge is -2.39. The van der Waals surface area contributed by atoms with Crippen molar-refractivity contribution in [1.29, 1.82) is 0 Å². The second-order valence-corrected chi connectivity index (χ2v) is 7.89. The van der Waals surface area contributed by atoms with Crippen LogP contribution in [0.15, 0.2) is 28.9 Å². The Kier molecular flexibility index (Phi) is 7.34. The maximum absolute atomic E-state index is 12.9. The van der Waals surface area contributed by atoms with Crippen LogP contribution in [-0.2, 0) is 16.1 Å². The first-order valence-electron chi connectivity index (χ1n) is 10.0. The minimum absolute atomic E-state index is 0.127. The first-order chi connectivity index (χ1) is 15.0. The average Bonchev–Trinajstić information content (AvgIpc) is 3.29. The number of aliphatic carboxylic acids is 1. The molecule has 1 spiro atoms. The van der Waals surface area contributed by atoms with Crippen molar-refractivity contribution in [1.82, 2.24) is 14.9 Å². The van der Waals surface area contributed by atoms with Crippen molar-refractivity contribution in [2.24, 2.45) is 0 Å². The van der Waals surface area contributed by atoms with E-state index in [2.05, 4.69) is 20.2 Å². The summed E-state index contributed by atoms with van der Waals surface area (Å²) in [6, 6.07) is 4.20. The molecule has 2 unspecified atom stereocenters. The van der Waals surface area contributed by atoms with Crippen molar-refractivity contribution in [2.75, 3.05) is 25.0 Å². The Hall–Kier alpha value is -2.73. The summed E-state index contributed by atoms with van der Waals surface area (Å²) in [7, 11) is 0. The number of anilines is 1. The molecule has 176 valence electrons. The van der Waals surface area contributed by atoms with E-state index in [0.717, 1.165) is 50.4 Å². The van der Waals surface area contributed by atoms with Crippen LogP contribution in [0.5, 0.6) is 0 Å². The summed E-state index contributed by atoms with van der Waals surface area (Å²) in [4.78, 5) is 19.2. The Morgan fingerprint density at radius 1 is 1.34 bits per heavy atom.